The minimum atomic E-state index is -4.74. The van der Waals surface area contributed by atoms with Crippen LogP contribution in [0.2, 0.25) is 0 Å². The van der Waals surface area contributed by atoms with Crippen LogP contribution in [0.4, 0.5) is 18.0 Å². The lowest BCUT2D eigenvalue weighted by molar-refractivity contribution is -0.196. The molecule has 0 aromatic rings. The highest BCUT2D eigenvalue weighted by atomic mass is 31.1. The van der Waals surface area contributed by atoms with Crippen LogP contribution in [0.3, 0.4) is 0 Å². The van der Waals surface area contributed by atoms with E-state index in [1.807, 2.05) is 0 Å². The molecule has 12 heavy (non-hydrogen) atoms. The van der Waals surface area contributed by atoms with E-state index in [1.165, 1.54) is 0 Å². The van der Waals surface area contributed by atoms with Crippen LogP contribution in [-0.4, -0.2) is 24.3 Å². The maximum atomic E-state index is 11.9. The number of hydrogen-bond acceptors (Lipinski definition) is 4. The zero-order valence-electron chi connectivity index (χ0n) is 5.37. The van der Waals surface area contributed by atoms with Crippen LogP contribution in [-0.2, 0) is 14.0 Å². The van der Waals surface area contributed by atoms with E-state index in [4.69, 9.17) is 0 Å². The first-order valence-electron chi connectivity index (χ1n) is 2.71. The third-order valence-electron chi connectivity index (χ3n) is 1.13. The fourth-order valence-corrected chi connectivity index (χ4v) is 1.12. The van der Waals surface area contributed by atoms with Crippen molar-refractivity contribution in [3.8, 4) is 0 Å². The summed E-state index contributed by atoms with van der Waals surface area (Å²) >= 11 is 0. The molecule has 8 heteroatoms. The molecule has 0 N–H and O–H groups in total. The molecule has 0 spiro atoms. The fraction of sp³-hybridized carbons (Fsp3) is 0.750. The highest BCUT2D eigenvalue weighted by Gasteiger charge is 2.54. The molecule has 1 aliphatic heterocycles. The Bertz CT molecular complexity index is 215. The van der Waals surface area contributed by atoms with Gasteiger partial charge in [0.1, 0.15) is 0 Å². The van der Waals surface area contributed by atoms with Crippen molar-refractivity contribution >= 4 is 14.6 Å². The summed E-state index contributed by atoms with van der Waals surface area (Å²) in [6, 6.07) is 0. The standard InChI is InChI=1S/C4H2F3O4P/c5-4(6,7)1-2(12-9)11-3(8)10-1/h1-2H. The molecule has 1 heterocycles. The lowest BCUT2D eigenvalue weighted by atomic mass is 10.4. The summed E-state index contributed by atoms with van der Waals surface area (Å²) in [5, 5.41) is 0. The first kappa shape index (κ1) is 9.25. The lowest BCUT2D eigenvalue weighted by Gasteiger charge is -2.12. The van der Waals surface area contributed by atoms with Gasteiger partial charge in [0.2, 0.25) is 20.4 Å². The third-order valence-corrected chi connectivity index (χ3v) is 1.71. The van der Waals surface area contributed by atoms with Gasteiger partial charge in [0.05, 0.1) is 0 Å². The van der Waals surface area contributed by atoms with Crippen molar-refractivity contribution in [2.45, 2.75) is 18.1 Å². The molecule has 0 aliphatic carbocycles. The summed E-state index contributed by atoms with van der Waals surface area (Å²) in [6.45, 7) is 0. The predicted molar refractivity (Wildman–Crippen MR) is 28.8 cm³/mol. The average Bonchev–Trinajstić information content (AvgIpc) is 2.29. The van der Waals surface area contributed by atoms with E-state index >= 15 is 0 Å². The normalized spacial score (nSPS) is 30.1. The van der Waals surface area contributed by atoms with Gasteiger partial charge in [-0.25, -0.2) is 4.79 Å². The van der Waals surface area contributed by atoms with Crippen molar-refractivity contribution < 1.29 is 32.0 Å². The van der Waals surface area contributed by atoms with Crippen molar-refractivity contribution in [1.82, 2.24) is 0 Å². The first-order chi connectivity index (χ1) is 5.45. The van der Waals surface area contributed by atoms with Crippen molar-refractivity contribution in [2.24, 2.45) is 0 Å². The molecule has 0 aromatic carbocycles. The van der Waals surface area contributed by atoms with Crippen LogP contribution >= 0.6 is 8.46 Å². The number of halogens is 3. The quantitative estimate of drug-likeness (QED) is 0.479. The third kappa shape index (κ3) is 1.66. The van der Waals surface area contributed by atoms with Crippen molar-refractivity contribution in [2.75, 3.05) is 0 Å². The zero-order valence-corrected chi connectivity index (χ0v) is 6.26. The first-order valence-corrected chi connectivity index (χ1v) is 3.60. The van der Waals surface area contributed by atoms with Gasteiger partial charge in [0.15, 0.2) is 0 Å². The van der Waals surface area contributed by atoms with Gasteiger partial charge < -0.3 is 9.47 Å². The molecule has 1 fully saturated rings. The Morgan fingerprint density at radius 2 is 1.92 bits per heavy atom. The molecule has 1 aliphatic rings. The molecular formula is C4H2F3O4P. The monoisotopic (exact) mass is 202 g/mol. The molecule has 0 aromatic heterocycles. The summed E-state index contributed by atoms with van der Waals surface area (Å²) in [7, 11) is -0.927. The molecule has 0 amide bonds. The van der Waals surface area contributed by atoms with Crippen molar-refractivity contribution in [1.29, 1.82) is 0 Å². The van der Waals surface area contributed by atoms with E-state index in [2.05, 4.69) is 9.47 Å². The summed E-state index contributed by atoms with van der Waals surface area (Å²) in [5.41, 5.74) is 0. The Labute approximate surface area is 65.8 Å². The molecular weight excluding hydrogens is 200 g/mol. The van der Waals surface area contributed by atoms with Crippen LogP contribution in [0, 0.1) is 0 Å². The topological polar surface area (TPSA) is 52.6 Å². The van der Waals surface area contributed by atoms with Crippen LogP contribution < -0.4 is 0 Å². The van der Waals surface area contributed by atoms with E-state index in [0.717, 1.165) is 0 Å². The highest BCUT2D eigenvalue weighted by Crippen LogP contribution is 2.35. The van der Waals surface area contributed by atoms with Crippen LogP contribution in [0.15, 0.2) is 0 Å². The second-order valence-corrected chi connectivity index (χ2v) is 2.66. The Morgan fingerprint density at radius 3 is 2.25 bits per heavy atom. The second kappa shape index (κ2) is 2.90. The molecule has 1 saturated heterocycles. The Hall–Kier alpha value is -0.840. The fourth-order valence-electron chi connectivity index (χ4n) is 0.655. The van der Waals surface area contributed by atoms with Gasteiger partial charge in [-0.3, -0.25) is 4.57 Å². The molecule has 0 radical (unpaired) electrons. The summed E-state index contributed by atoms with van der Waals surface area (Å²) in [4.78, 5) is 10.2. The van der Waals surface area contributed by atoms with Crippen molar-refractivity contribution in [3.05, 3.63) is 0 Å². The van der Waals surface area contributed by atoms with Gasteiger partial charge in [0.25, 0.3) is 0 Å². The van der Waals surface area contributed by atoms with E-state index < -0.39 is 32.7 Å². The Balaban J connectivity index is 2.77. The molecule has 2 unspecified atom stereocenters. The summed E-state index contributed by atoms with van der Waals surface area (Å²) in [6.07, 6.45) is -8.62. The Kier molecular flexibility index (Phi) is 2.23. The van der Waals surface area contributed by atoms with E-state index in [0.29, 0.717) is 0 Å². The highest BCUT2D eigenvalue weighted by molar-refractivity contribution is 7.24. The molecule has 68 valence electrons. The van der Waals surface area contributed by atoms with Crippen LogP contribution in [0.1, 0.15) is 0 Å². The number of hydrogen-bond donors (Lipinski definition) is 0. The Morgan fingerprint density at radius 1 is 1.33 bits per heavy atom. The van der Waals surface area contributed by atoms with Gasteiger partial charge in [-0.15, -0.1) is 0 Å². The number of ether oxygens (including phenoxy) is 2. The minimum absolute atomic E-state index is 0.927. The predicted octanol–water partition coefficient (Wildman–Crippen LogP) is 1.70. The maximum Gasteiger partial charge on any atom is 0.510 e. The lowest BCUT2D eigenvalue weighted by Crippen LogP contribution is -2.34. The number of rotatable bonds is 1. The van der Waals surface area contributed by atoms with Gasteiger partial charge in [0, 0.05) is 0 Å². The summed E-state index contributed by atoms with van der Waals surface area (Å²) in [5.74, 6) is -1.78. The molecule has 2 atom stereocenters. The molecule has 4 nitrogen and oxygen atoms in total. The smallest absolute Gasteiger partial charge is 0.416 e. The number of cyclic esters (lactones) is 2. The van der Waals surface area contributed by atoms with Gasteiger partial charge in [-0.1, -0.05) is 0 Å². The van der Waals surface area contributed by atoms with E-state index in [1.54, 1.807) is 0 Å². The van der Waals surface area contributed by atoms with Crippen LogP contribution in [0.5, 0.6) is 0 Å². The second-order valence-electron chi connectivity index (χ2n) is 1.94. The van der Waals surface area contributed by atoms with Crippen molar-refractivity contribution in [3.63, 3.8) is 0 Å². The van der Waals surface area contributed by atoms with Gasteiger partial charge in [-0.05, 0) is 0 Å². The van der Waals surface area contributed by atoms with Gasteiger partial charge in [-0.2, -0.15) is 13.2 Å². The van der Waals surface area contributed by atoms with E-state index in [-0.39, 0.29) is 0 Å². The van der Waals surface area contributed by atoms with Crippen LogP contribution in [0.25, 0.3) is 0 Å². The molecule has 1 rings (SSSR count). The average molecular weight is 202 g/mol. The largest absolute Gasteiger partial charge is 0.510 e. The SMILES string of the molecule is O=PC1OC(=O)OC1C(F)(F)F. The zero-order chi connectivity index (χ0) is 9.35. The maximum absolute atomic E-state index is 11.9. The number of carbonyl (C=O) groups excluding carboxylic acids is 1. The number of carbonyl (C=O) groups is 1. The van der Waals surface area contributed by atoms with E-state index in [9.17, 15) is 22.5 Å². The summed E-state index contributed by atoms with van der Waals surface area (Å²) < 4.78 is 53.3. The van der Waals surface area contributed by atoms with Gasteiger partial charge >= 0.3 is 12.3 Å². The molecule has 0 saturated carbocycles. The molecule has 0 bridgehead atoms. The number of alkyl halides is 3. The minimum Gasteiger partial charge on any atom is -0.416 e.